The molecule has 6 heteroatoms. The molecule has 0 aliphatic heterocycles. The van der Waals surface area contributed by atoms with E-state index in [1.807, 2.05) is 25.8 Å². The number of esters is 1. The van der Waals surface area contributed by atoms with Crippen LogP contribution in [0.3, 0.4) is 0 Å². The van der Waals surface area contributed by atoms with E-state index in [4.69, 9.17) is 26.8 Å². The minimum atomic E-state index is -0.467. The lowest BCUT2D eigenvalue weighted by Crippen LogP contribution is -2.26. The zero-order chi connectivity index (χ0) is 15.3. The largest absolute Gasteiger partial charge is 0.465 e. The van der Waals surface area contributed by atoms with Crippen LogP contribution >= 0.6 is 11.6 Å². The first-order chi connectivity index (χ1) is 9.36. The van der Waals surface area contributed by atoms with Crippen molar-refractivity contribution in [1.82, 2.24) is 0 Å². The molecule has 20 heavy (non-hydrogen) atoms. The third-order valence-corrected chi connectivity index (χ3v) is 3.04. The molecule has 0 heterocycles. The molecule has 0 aromatic heterocycles. The second kappa shape index (κ2) is 7.36. The van der Waals surface area contributed by atoms with E-state index >= 15 is 0 Å². The number of carbonyl (C=O) groups is 1. The number of benzene rings is 1. The molecule has 0 saturated carbocycles. The van der Waals surface area contributed by atoms with Gasteiger partial charge in [-0.15, -0.1) is 0 Å². The van der Waals surface area contributed by atoms with E-state index in [1.54, 1.807) is 12.1 Å². The number of likely N-dealkylation sites (N-methyl/N-ethyl adjacent to an activating group) is 1. The van der Waals surface area contributed by atoms with Crippen molar-refractivity contribution in [1.29, 1.82) is 0 Å². The van der Waals surface area contributed by atoms with Crippen LogP contribution in [0.4, 0.5) is 11.4 Å². The quantitative estimate of drug-likeness (QED) is 0.646. The van der Waals surface area contributed by atoms with Gasteiger partial charge in [0.05, 0.1) is 36.1 Å². The number of nitrogen functional groups attached to an aromatic ring is 1. The van der Waals surface area contributed by atoms with Crippen molar-refractivity contribution >= 4 is 28.9 Å². The number of rotatable bonds is 6. The van der Waals surface area contributed by atoms with Crippen molar-refractivity contribution in [2.45, 2.75) is 20.0 Å². The van der Waals surface area contributed by atoms with Crippen molar-refractivity contribution in [2.24, 2.45) is 0 Å². The number of ether oxygens (including phenoxy) is 2. The average molecular weight is 301 g/mol. The smallest absolute Gasteiger partial charge is 0.340 e. The molecular weight excluding hydrogens is 280 g/mol. The Bertz CT molecular complexity index is 478. The molecule has 0 bridgehead atoms. The molecule has 5 nitrogen and oxygen atoms in total. The van der Waals surface area contributed by atoms with Crippen molar-refractivity contribution < 1.29 is 14.3 Å². The van der Waals surface area contributed by atoms with Gasteiger partial charge in [0.25, 0.3) is 0 Å². The summed E-state index contributed by atoms with van der Waals surface area (Å²) >= 11 is 6.20. The van der Waals surface area contributed by atoms with Crippen LogP contribution in [0, 0.1) is 0 Å². The van der Waals surface area contributed by atoms with Crippen LogP contribution in [-0.4, -0.2) is 39.4 Å². The van der Waals surface area contributed by atoms with Crippen molar-refractivity contribution in [3.63, 3.8) is 0 Å². The predicted molar refractivity (Wildman–Crippen MR) is 81.6 cm³/mol. The summed E-state index contributed by atoms with van der Waals surface area (Å²) in [5, 5.41) is 0.414. The molecule has 0 radical (unpaired) electrons. The zero-order valence-electron chi connectivity index (χ0n) is 12.3. The standard InChI is InChI=1S/C14H21ClN2O3/c1-9(2)20-6-5-17(3)13-11(14(18)19-4)7-10(16)8-12(13)15/h7-9H,5-6,16H2,1-4H3. The second-order valence-corrected chi connectivity index (χ2v) is 5.14. The summed E-state index contributed by atoms with van der Waals surface area (Å²) in [6.07, 6.45) is 0.158. The van der Waals surface area contributed by atoms with Gasteiger partial charge in [0.15, 0.2) is 0 Å². The summed E-state index contributed by atoms with van der Waals surface area (Å²) in [6.45, 7) is 5.08. The van der Waals surface area contributed by atoms with Gasteiger partial charge in [-0.1, -0.05) is 11.6 Å². The highest BCUT2D eigenvalue weighted by atomic mass is 35.5. The predicted octanol–water partition coefficient (Wildman–Crippen LogP) is 2.57. The van der Waals surface area contributed by atoms with E-state index in [9.17, 15) is 4.79 Å². The summed E-state index contributed by atoms with van der Waals surface area (Å²) in [4.78, 5) is 13.7. The third-order valence-electron chi connectivity index (χ3n) is 2.75. The molecule has 0 fully saturated rings. The highest BCUT2D eigenvalue weighted by Gasteiger charge is 2.19. The first-order valence-electron chi connectivity index (χ1n) is 6.36. The summed E-state index contributed by atoms with van der Waals surface area (Å²) in [5.41, 5.74) is 7.10. The Morgan fingerprint density at radius 2 is 2.10 bits per heavy atom. The molecular formula is C14H21ClN2O3. The van der Waals surface area contributed by atoms with Gasteiger partial charge in [-0.25, -0.2) is 4.79 Å². The highest BCUT2D eigenvalue weighted by Crippen LogP contribution is 2.32. The Kier molecular flexibility index (Phi) is 6.10. The molecule has 112 valence electrons. The van der Waals surface area contributed by atoms with E-state index in [0.29, 0.717) is 35.1 Å². The molecule has 0 aliphatic carbocycles. The Hall–Kier alpha value is -1.46. The number of nitrogens with two attached hydrogens (primary N) is 1. The molecule has 1 rings (SSSR count). The maximum absolute atomic E-state index is 11.8. The number of hydrogen-bond acceptors (Lipinski definition) is 5. The van der Waals surface area contributed by atoms with Gasteiger partial charge < -0.3 is 20.1 Å². The van der Waals surface area contributed by atoms with E-state index < -0.39 is 5.97 Å². The van der Waals surface area contributed by atoms with E-state index in [-0.39, 0.29) is 6.10 Å². The number of hydrogen-bond donors (Lipinski definition) is 1. The number of methoxy groups -OCH3 is 1. The average Bonchev–Trinajstić information content (AvgIpc) is 2.36. The van der Waals surface area contributed by atoms with Crippen LogP contribution in [-0.2, 0) is 9.47 Å². The highest BCUT2D eigenvalue weighted by molar-refractivity contribution is 6.34. The van der Waals surface area contributed by atoms with E-state index in [2.05, 4.69) is 0 Å². The van der Waals surface area contributed by atoms with Crippen LogP contribution in [0.15, 0.2) is 12.1 Å². The molecule has 0 spiro atoms. The molecule has 0 amide bonds. The topological polar surface area (TPSA) is 64.8 Å². The summed E-state index contributed by atoms with van der Waals surface area (Å²) in [6, 6.07) is 3.18. The first-order valence-corrected chi connectivity index (χ1v) is 6.74. The minimum absolute atomic E-state index is 0.158. The minimum Gasteiger partial charge on any atom is -0.465 e. The maximum Gasteiger partial charge on any atom is 0.340 e. The Balaban J connectivity index is 2.99. The zero-order valence-corrected chi connectivity index (χ0v) is 13.0. The second-order valence-electron chi connectivity index (χ2n) is 4.73. The normalized spacial score (nSPS) is 10.7. The summed E-state index contributed by atoms with van der Waals surface area (Å²) < 4.78 is 10.3. The fourth-order valence-electron chi connectivity index (χ4n) is 1.81. The van der Waals surface area contributed by atoms with Gasteiger partial charge in [-0.2, -0.15) is 0 Å². The van der Waals surface area contributed by atoms with Gasteiger partial charge in [0, 0.05) is 19.3 Å². The first kappa shape index (κ1) is 16.6. The van der Waals surface area contributed by atoms with Crippen LogP contribution in [0.2, 0.25) is 5.02 Å². The SMILES string of the molecule is COC(=O)c1cc(N)cc(Cl)c1N(C)CCOC(C)C. The van der Waals surface area contributed by atoms with E-state index in [1.165, 1.54) is 7.11 Å². The number of carbonyl (C=O) groups excluding carboxylic acids is 1. The number of nitrogens with zero attached hydrogens (tertiary/aromatic N) is 1. The van der Waals surface area contributed by atoms with Gasteiger partial charge in [0.2, 0.25) is 0 Å². The van der Waals surface area contributed by atoms with Crippen molar-refractivity contribution in [2.75, 3.05) is 37.9 Å². The van der Waals surface area contributed by atoms with Crippen molar-refractivity contribution in [3.8, 4) is 0 Å². The monoisotopic (exact) mass is 300 g/mol. The number of halogens is 1. The molecule has 0 unspecified atom stereocenters. The molecule has 0 saturated heterocycles. The summed E-state index contributed by atoms with van der Waals surface area (Å²) in [7, 11) is 3.17. The fraction of sp³-hybridized carbons (Fsp3) is 0.500. The Morgan fingerprint density at radius 3 is 2.65 bits per heavy atom. The van der Waals surface area contributed by atoms with Gasteiger partial charge in [0.1, 0.15) is 0 Å². The van der Waals surface area contributed by atoms with Gasteiger partial charge in [-0.05, 0) is 26.0 Å². The van der Waals surface area contributed by atoms with E-state index in [0.717, 1.165) is 0 Å². The molecule has 2 N–H and O–H groups in total. The molecule has 1 aromatic rings. The molecule has 0 atom stereocenters. The maximum atomic E-state index is 11.8. The van der Waals surface area contributed by atoms with Gasteiger partial charge >= 0.3 is 5.97 Å². The Morgan fingerprint density at radius 1 is 1.45 bits per heavy atom. The molecule has 0 aliphatic rings. The number of anilines is 2. The summed E-state index contributed by atoms with van der Waals surface area (Å²) in [5.74, 6) is -0.467. The van der Waals surface area contributed by atoms with Crippen LogP contribution in [0.5, 0.6) is 0 Å². The van der Waals surface area contributed by atoms with Crippen LogP contribution < -0.4 is 10.6 Å². The lowest BCUT2D eigenvalue weighted by atomic mass is 10.1. The molecule has 1 aromatic carbocycles. The van der Waals surface area contributed by atoms with Crippen LogP contribution in [0.1, 0.15) is 24.2 Å². The van der Waals surface area contributed by atoms with Crippen molar-refractivity contribution in [3.05, 3.63) is 22.7 Å². The lowest BCUT2D eigenvalue weighted by Gasteiger charge is -2.23. The fourth-order valence-corrected chi connectivity index (χ4v) is 2.18. The lowest BCUT2D eigenvalue weighted by molar-refractivity contribution is 0.0600. The third kappa shape index (κ3) is 4.28. The van der Waals surface area contributed by atoms with Gasteiger partial charge in [-0.3, -0.25) is 0 Å². The van der Waals surface area contributed by atoms with Crippen LogP contribution in [0.25, 0.3) is 0 Å². The Labute approximate surface area is 124 Å².